The first kappa shape index (κ1) is 32.5. The van der Waals surface area contributed by atoms with Crippen LogP contribution in [0, 0.1) is 12.8 Å². The predicted octanol–water partition coefficient (Wildman–Crippen LogP) is 6.15. The minimum Gasteiger partial charge on any atom is -0.480 e. The van der Waals surface area contributed by atoms with Crippen LogP contribution in [0.5, 0.6) is 0 Å². The third-order valence-electron chi connectivity index (χ3n) is 8.17. The van der Waals surface area contributed by atoms with Crippen molar-refractivity contribution >= 4 is 23.6 Å². The van der Waals surface area contributed by atoms with Gasteiger partial charge >= 0.3 is 5.97 Å². The van der Waals surface area contributed by atoms with Gasteiger partial charge in [-0.1, -0.05) is 62.4 Å². The molecule has 1 aliphatic heterocycles. The lowest BCUT2D eigenvalue weighted by Gasteiger charge is -2.27. The Morgan fingerprint density at radius 1 is 1.12 bits per heavy atom. The zero-order valence-electron chi connectivity index (χ0n) is 25.2. The van der Waals surface area contributed by atoms with Gasteiger partial charge in [0.2, 0.25) is 6.29 Å². The van der Waals surface area contributed by atoms with Crippen LogP contribution in [0.15, 0.2) is 42.5 Å². The third kappa shape index (κ3) is 8.14. The van der Waals surface area contributed by atoms with Crippen molar-refractivity contribution in [3.8, 4) is 11.1 Å². The molecule has 230 valence electrons. The topological polar surface area (TPSA) is 107 Å². The molecule has 1 saturated carbocycles. The van der Waals surface area contributed by atoms with Gasteiger partial charge in [0.15, 0.2) is 0 Å². The first-order valence-electron chi connectivity index (χ1n) is 15.0. The number of thioether (sulfide) groups is 1. The fourth-order valence-electron chi connectivity index (χ4n) is 5.89. The van der Waals surface area contributed by atoms with Crippen LogP contribution in [0.25, 0.3) is 11.1 Å². The van der Waals surface area contributed by atoms with Crippen molar-refractivity contribution in [2.24, 2.45) is 5.92 Å². The Balaban J connectivity index is 1.67. The minimum atomic E-state index is -1.10. The van der Waals surface area contributed by atoms with Gasteiger partial charge in [-0.15, -0.1) is 0 Å². The molecule has 42 heavy (non-hydrogen) atoms. The maximum atomic E-state index is 13.6. The Hall–Kier alpha value is -2.43. The monoisotopic (exact) mass is 599 g/mol. The summed E-state index contributed by atoms with van der Waals surface area (Å²) in [7, 11) is 1.63. The van der Waals surface area contributed by atoms with Crippen LogP contribution in [0.4, 0.5) is 0 Å². The number of methoxy groups -OCH3 is 1. The molecule has 8 nitrogen and oxygen atoms in total. The highest BCUT2D eigenvalue weighted by Gasteiger charge is 2.62. The molecule has 2 aromatic rings. The highest BCUT2D eigenvalue weighted by molar-refractivity contribution is 7.98. The number of aryl methyl sites for hydroxylation is 1. The molecule has 0 spiro atoms. The average Bonchev–Trinajstić information content (AvgIpc) is 3.68. The van der Waals surface area contributed by atoms with Crippen molar-refractivity contribution in [1.82, 2.24) is 5.32 Å². The number of carboxylic acid groups (broad SMARTS) is 1. The molecule has 1 amide bonds. The van der Waals surface area contributed by atoms with E-state index in [0.29, 0.717) is 42.4 Å². The summed E-state index contributed by atoms with van der Waals surface area (Å²) in [6.45, 7) is 4.88. The van der Waals surface area contributed by atoms with Crippen LogP contribution in [-0.2, 0) is 29.5 Å². The van der Waals surface area contributed by atoms with E-state index in [-0.39, 0.29) is 6.10 Å². The number of amides is 1. The number of ether oxygens (including phenoxy) is 4. The van der Waals surface area contributed by atoms with Crippen molar-refractivity contribution in [1.29, 1.82) is 0 Å². The fraction of sp³-hybridized carbons (Fsp3) is 0.576. The van der Waals surface area contributed by atoms with E-state index in [4.69, 9.17) is 18.9 Å². The van der Waals surface area contributed by atoms with Crippen LogP contribution in [0.2, 0.25) is 0 Å². The summed E-state index contributed by atoms with van der Waals surface area (Å²) in [5.74, 6) is -1.32. The zero-order chi connectivity index (χ0) is 30.1. The van der Waals surface area contributed by atoms with E-state index in [2.05, 4.69) is 12.2 Å². The van der Waals surface area contributed by atoms with E-state index in [1.165, 1.54) is 32.1 Å². The Bertz CT molecular complexity index is 1200. The van der Waals surface area contributed by atoms with Gasteiger partial charge in [0.05, 0.1) is 19.3 Å². The van der Waals surface area contributed by atoms with Crippen LogP contribution in [0.3, 0.4) is 0 Å². The van der Waals surface area contributed by atoms with Gasteiger partial charge in [0.1, 0.15) is 6.04 Å². The highest BCUT2D eigenvalue weighted by Crippen LogP contribution is 2.50. The number of hydrogen-bond acceptors (Lipinski definition) is 7. The normalized spacial score (nSPS) is 22.0. The SMILES string of the molecule is COCCOC1OC1(OC(C)CC1CCCCC1)c1ccc(C(=O)N[C@@H](CCSC)C(=O)O)c(-c2ccccc2C)c1. The number of hydrogen-bond donors (Lipinski definition) is 2. The first-order valence-corrected chi connectivity index (χ1v) is 16.4. The van der Waals surface area contributed by atoms with E-state index >= 15 is 0 Å². The molecule has 2 N–H and O–H groups in total. The van der Waals surface area contributed by atoms with Crippen LogP contribution >= 0.6 is 11.8 Å². The van der Waals surface area contributed by atoms with E-state index in [1.54, 1.807) is 24.9 Å². The zero-order valence-corrected chi connectivity index (χ0v) is 26.0. The summed E-state index contributed by atoms with van der Waals surface area (Å²) >= 11 is 1.54. The number of epoxide rings is 1. The van der Waals surface area contributed by atoms with Gasteiger partial charge in [0, 0.05) is 18.2 Å². The number of carbonyl (C=O) groups excluding carboxylic acids is 1. The molecule has 2 aromatic carbocycles. The Labute approximate surface area is 253 Å². The summed E-state index contributed by atoms with van der Waals surface area (Å²) < 4.78 is 24.0. The van der Waals surface area contributed by atoms with Gasteiger partial charge in [-0.05, 0) is 73.4 Å². The smallest absolute Gasteiger partial charge is 0.326 e. The molecule has 2 aliphatic rings. The minimum absolute atomic E-state index is 0.0539. The lowest BCUT2D eigenvalue weighted by molar-refractivity contribution is -0.139. The van der Waals surface area contributed by atoms with E-state index < -0.39 is 30.0 Å². The van der Waals surface area contributed by atoms with Gasteiger partial charge in [-0.25, -0.2) is 4.79 Å². The molecular formula is C33H45NO7S. The standard InChI is InChI=1S/C33H45NO7S/c1-22-10-8-9-13-26(22)28-21-25(14-15-27(28)30(35)34-29(31(36)37)16-19-42-4)33(32(41-33)39-18-17-38-3)40-23(2)20-24-11-6-5-7-12-24/h8-10,13-15,21,23-24,29,32H,5-7,11-12,16-20H2,1-4H3,(H,34,35)(H,36,37)/t23?,29-,32?,33?/m0/s1. The van der Waals surface area contributed by atoms with Crippen molar-refractivity contribution < 1.29 is 33.6 Å². The molecule has 0 bridgehead atoms. The molecule has 4 atom stereocenters. The van der Waals surface area contributed by atoms with Gasteiger partial charge in [-0.3, -0.25) is 4.79 Å². The van der Waals surface area contributed by atoms with Gasteiger partial charge < -0.3 is 29.4 Å². The second-order valence-corrected chi connectivity index (χ2v) is 12.4. The van der Waals surface area contributed by atoms with E-state index in [0.717, 1.165) is 23.1 Å². The Morgan fingerprint density at radius 3 is 2.57 bits per heavy atom. The molecular weight excluding hydrogens is 554 g/mol. The van der Waals surface area contributed by atoms with Gasteiger partial charge in [-0.2, -0.15) is 11.8 Å². The number of aliphatic carboxylic acids is 1. The lowest BCUT2D eigenvalue weighted by atomic mass is 9.85. The molecule has 0 aromatic heterocycles. The average molecular weight is 600 g/mol. The molecule has 1 aliphatic carbocycles. The number of carboxylic acids is 1. The maximum absolute atomic E-state index is 13.6. The fourth-order valence-corrected chi connectivity index (χ4v) is 6.36. The largest absolute Gasteiger partial charge is 0.480 e. The number of nitrogens with one attached hydrogen (secondary N) is 1. The summed E-state index contributed by atoms with van der Waals surface area (Å²) in [5, 5.41) is 12.5. The molecule has 1 saturated heterocycles. The summed E-state index contributed by atoms with van der Waals surface area (Å²) in [5.41, 5.74) is 3.71. The summed E-state index contributed by atoms with van der Waals surface area (Å²) in [6.07, 6.45) is 8.84. The second kappa shape index (κ2) is 15.3. The van der Waals surface area contributed by atoms with Crippen molar-refractivity contribution in [2.75, 3.05) is 32.3 Å². The third-order valence-corrected chi connectivity index (χ3v) is 8.82. The van der Waals surface area contributed by atoms with Gasteiger partial charge in [0.25, 0.3) is 11.7 Å². The molecule has 4 rings (SSSR count). The van der Waals surface area contributed by atoms with Crippen LogP contribution in [0.1, 0.15) is 73.4 Å². The molecule has 3 unspecified atom stereocenters. The second-order valence-electron chi connectivity index (χ2n) is 11.4. The van der Waals surface area contributed by atoms with Crippen LogP contribution < -0.4 is 5.32 Å². The number of carbonyl (C=O) groups is 2. The number of rotatable bonds is 16. The molecule has 9 heteroatoms. The first-order chi connectivity index (χ1) is 20.3. The molecule has 0 radical (unpaired) electrons. The summed E-state index contributed by atoms with van der Waals surface area (Å²) in [4.78, 5) is 25.4. The Kier molecular flexibility index (Phi) is 11.9. The van der Waals surface area contributed by atoms with E-state index in [9.17, 15) is 14.7 Å². The molecule has 1 heterocycles. The lowest BCUT2D eigenvalue weighted by Crippen LogP contribution is -2.41. The molecule has 2 fully saturated rings. The summed E-state index contributed by atoms with van der Waals surface area (Å²) in [6, 6.07) is 12.4. The van der Waals surface area contributed by atoms with Crippen LogP contribution in [-0.4, -0.2) is 67.8 Å². The van der Waals surface area contributed by atoms with Crippen molar-refractivity contribution in [3.63, 3.8) is 0 Å². The maximum Gasteiger partial charge on any atom is 0.326 e. The number of benzene rings is 2. The van der Waals surface area contributed by atoms with Crippen molar-refractivity contribution in [2.45, 2.75) is 83.0 Å². The van der Waals surface area contributed by atoms with E-state index in [1.807, 2.05) is 49.6 Å². The van der Waals surface area contributed by atoms with Crippen molar-refractivity contribution in [3.05, 3.63) is 59.2 Å². The predicted molar refractivity (Wildman–Crippen MR) is 165 cm³/mol. The Morgan fingerprint density at radius 2 is 1.88 bits per heavy atom. The highest BCUT2D eigenvalue weighted by atomic mass is 32.2. The quantitative estimate of drug-likeness (QED) is 0.175.